The lowest BCUT2D eigenvalue weighted by atomic mass is 9.95. The Kier molecular flexibility index (Phi) is 2.82. The summed E-state index contributed by atoms with van der Waals surface area (Å²) in [6.07, 6.45) is 21.8. The zero-order valence-electron chi connectivity index (χ0n) is 9.62. The first-order chi connectivity index (χ1) is 8.74. The van der Waals surface area contributed by atoms with Gasteiger partial charge in [-0.2, -0.15) is 0 Å². The molecule has 80 valence electrons. The third-order valence-electron chi connectivity index (χ3n) is 2.77. The predicted molar refractivity (Wildman–Crippen MR) is 75.7 cm³/mol. The van der Waals surface area contributed by atoms with Crippen LogP contribution in [0.2, 0.25) is 0 Å². The number of benzene rings is 2. The fraction of sp³-hybridized carbons (Fsp3) is 0. The highest BCUT2D eigenvalue weighted by molar-refractivity contribution is 5.92. The van der Waals surface area contributed by atoms with Gasteiger partial charge in [-0.1, -0.05) is 29.7 Å². The third-order valence-corrected chi connectivity index (χ3v) is 2.77. The number of hydrogen-bond acceptors (Lipinski definition) is 0. The Morgan fingerprint density at radius 3 is 1.83 bits per heavy atom. The van der Waals surface area contributed by atoms with Crippen molar-refractivity contribution in [1.29, 1.82) is 0 Å². The van der Waals surface area contributed by atoms with Crippen LogP contribution >= 0.6 is 0 Å². The lowest BCUT2D eigenvalue weighted by Crippen LogP contribution is -1.90. The van der Waals surface area contributed by atoms with Crippen molar-refractivity contribution in [3.8, 4) is 49.4 Å². The summed E-state index contributed by atoms with van der Waals surface area (Å²) in [6.45, 7) is 0. The van der Waals surface area contributed by atoms with Crippen molar-refractivity contribution in [1.82, 2.24) is 0 Å². The molecule has 0 aliphatic heterocycles. The fourth-order valence-electron chi connectivity index (χ4n) is 1.89. The molecule has 0 radical (unpaired) electrons. The van der Waals surface area contributed by atoms with Crippen LogP contribution in [0.1, 0.15) is 22.3 Å². The fourth-order valence-corrected chi connectivity index (χ4v) is 1.89. The van der Waals surface area contributed by atoms with E-state index in [0.29, 0.717) is 22.3 Å². The molecule has 0 nitrogen and oxygen atoms in total. The van der Waals surface area contributed by atoms with Crippen LogP contribution in [0.5, 0.6) is 0 Å². The SMILES string of the molecule is C#Cc1cc2ccc(C#C)c(C#C)c2cc1C#C. The van der Waals surface area contributed by atoms with E-state index >= 15 is 0 Å². The van der Waals surface area contributed by atoms with Crippen molar-refractivity contribution in [2.75, 3.05) is 0 Å². The Labute approximate surface area is 107 Å². The topological polar surface area (TPSA) is 0 Å². The van der Waals surface area contributed by atoms with Crippen molar-refractivity contribution in [2.45, 2.75) is 0 Å². The molecule has 2 aromatic rings. The van der Waals surface area contributed by atoms with Gasteiger partial charge in [0.2, 0.25) is 0 Å². The minimum atomic E-state index is 0.649. The van der Waals surface area contributed by atoms with E-state index in [1.165, 1.54) is 0 Å². The van der Waals surface area contributed by atoms with Crippen LogP contribution in [0, 0.1) is 49.4 Å². The average Bonchev–Trinajstić information content (AvgIpc) is 2.44. The Hall–Kier alpha value is -3.06. The first kappa shape index (κ1) is 11.4. The smallest absolute Gasteiger partial charge is 0.0477 e. The minimum Gasteiger partial charge on any atom is -0.115 e. The van der Waals surface area contributed by atoms with E-state index in [9.17, 15) is 0 Å². The summed E-state index contributed by atoms with van der Waals surface area (Å²) in [5.74, 6) is 10.3. The van der Waals surface area contributed by atoms with Gasteiger partial charge in [-0.3, -0.25) is 0 Å². The first-order valence-corrected chi connectivity index (χ1v) is 5.22. The van der Waals surface area contributed by atoms with Gasteiger partial charge in [-0.25, -0.2) is 0 Å². The molecule has 0 heterocycles. The van der Waals surface area contributed by atoms with Crippen molar-refractivity contribution >= 4 is 10.8 Å². The molecule has 2 aromatic carbocycles. The standard InChI is InChI=1S/C18H8/c1-5-13-9-10-16-11-14(6-2)15(7-3)12-18(16)17(13)8-4/h1-4,9-12H. The minimum absolute atomic E-state index is 0.649. The van der Waals surface area contributed by atoms with Gasteiger partial charge in [-0.05, 0) is 29.0 Å². The second-order valence-electron chi connectivity index (χ2n) is 3.68. The lowest BCUT2D eigenvalue weighted by molar-refractivity contribution is 1.60. The van der Waals surface area contributed by atoms with Gasteiger partial charge in [-0.15, -0.1) is 25.7 Å². The zero-order chi connectivity index (χ0) is 13.1. The lowest BCUT2D eigenvalue weighted by Gasteiger charge is -2.06. The molecule has 0 saturated carbocycles. The summed E-state index contributed by atoms with van der Waals surface area (Å²) < 4.78 is 0. The second-order valence-corrected chi connectivity index (χ2v) is 3.68. The van der Waals surface area contributed by atoms with Crippen LogP contribution in [-0.2, 0) is 0 Å². The van der Waals surface area contributed by atoms with E-state index in [0.717, 1.165) is 10.8 Å². The van der Waals surface area contributed by atoms with E-state index in [2.05, 4.69) is 23.7 Å². The van der Waals surface area contributed by atoms with Crippen LogP contribution in [0.25, 0.3) is 10.8 Å². The van der Waals surface area contributed by atoms with Crippen LogP contribution in [0.3, 0.4) is 0 Å². The number of terminal acetylenes is 4. The van der Waals surface area contributed by atoms with Crippen molar-refractivity contribution in [3.05, 3.63) is 46.5 Å². The molecule has 0 saturated heterocycles. The third kappa shape index (κ3) is 1.60. The highest BCUT2D eigenvalue weighted by Crippen LogP contribution is 2.25. The maximum atomic E-state index is 5.52. The molecule has 0 aliphatic carbocycles. The van der Waals surface area contributed by atoms with E-state index < -0.39 is 0 Å². The molecule has 0 aromatic heterocycles. The molecular weight excluding hydrogens is 216 g/mol. The van der Waals surface area contributed by atoms with Gasteiger partial charge in [0.1, 0.15) is 0 Å². The molecule has 0 aliphatic rings. The van der Waals surface area contributed by atoms with Gasteiger partial charge in [0.25, 0.3) is 0 Å². The zero-order valence-corrected chi connectivity index (χ0v) is 9.62. The highest BCUT2D eigenvalue weighted by atomic mass is 14.1. The molecule has 0 atom stereocenters. The predicted octanol–water partition coefficient (Wildman–Crippen LogP) is 2.77. The average molecular weight is 224 g/mol. The van der Waals surface area contributed by atoms with Crippen LogP contribution in [-0.4, -0.2) is 0 Å². The maximum Gasteiger partial charge on any atom is 0.0477 e. The molecule has 0 spiro atoms. The summed E-state index contributed by atoms with van der Waals surface area (Å²) in [7, 11) is 0. The summed E-state index contributed by atoms with van der Waals surface area (Å²) in [4.78, 5) is 0. The molecular formula is C18H8. The largest absolute Gasteiger partial charge is 0.115 e. The Balaban J connectivity index is 2.98. The number of rotatable bonds is 0. The molecule has 0 heteroatoms. The highest BCUT2D eigenvalue weighted by Gasteiger charge is 2.07. The van der Waals surface area contributed by atoms with Gasteiger partial charge >= 0.3 is 0 Å². The molecule has 0 unspecified atom stereocenters. The van der Waals surface area contributed by atoms with Gasteiger partial charge in [0.15, 0.2) is 0 Å². The van der Waals surface area contributed by atoms with E-state index in [1.807, 2.05) is 24.3 Å². The summed E-state index contributed by atoms with van der Waals surface area (Å²) in [5, 5.41) is 1.80. The molecule has 2 rings (SSSR count). The first-order valence-electron chi connectivity index (χ1n) is 5.22. The molecule has 0 N–H and O–H groups in total. The van der Waals surface area contributed by atoms with Crippen molar-refractivity contribution < 1.29 is 0 Å². The van der Waals surface area contributed by atoms with E-state index in [4.69, 9.17) is 25.7 Å². The molecule has 18 heavy (non-hydrogen) atoms. The van der Waals surface area contributed by atoms with E-state index in [1.54, 1.807) is 0 Å². The summed E-state index contributed by atoms with van der Waals surface area (Å²) in [6, 6.07) is 7.38. The quantitative estimate of drug-likeness (QED) is 0.604. The van der Waals surface area contributed by atoms with Gasteiger partial charge in [0.05, 0.1) is 0 Å². The maximum absolute atomic E-state index is 5.52. The number of fused-ring (bicyclic) bond motifs is 1. The van der Waals surface area contributed by atoms with Gasteiger partial charge < -0.3 is 0 Å². The van der Waals surface area contributed by atoms with Crippen molar-refractivity contribution in [2.24, 2.45) is 0 Å². The van der Waals surface area contributed by atoms with Crippen LogP contribution < -0.4 is 0 Å². The van der Waals surface area contributed by atoms with Crippen LogP contribution in [0.15, 0.2) is 24.3 Å². The van der Waals surface area contributed by atoms with E-state index in [-0.39, 0.29) is 0 Å². The molecule has 0 bridgehead atoms. The summed E-state index contributed by atoms with van der Waals surface area (Å²) >= 11 is 0. The molecule has 0 fully saturated rings. The van der Waals surface area contributed by atoms with Crippen molar-refractivity contribution in [3.63, 3.8) is 0 Å². The molecule has 0 amide bonds. The Morgan fingerprint density at radius 1 is 0.667 bits per heavy atom. The van der Waals surface area contributed by atoms with Crippen LogP contribution in [0.4, 0.5) is 0 Å². The Morgan fingerprint density at radius 2 is 1.28 bits per heavy atom. The normalized spacial score (nSPS) is 8.89. The number of hydrogen-bond donors (Lipinski definition) is 0. The second kappa shape index (κ2) is 4.44. The Bertz CT molecular complexity index is 795. The summed E-state index contributed by atoms with van der Waals surface area (Å²) in [5.41, 5.74) is 2.69. The van der Waals surface area contributed by atoms with Gasteiger partial charge in [0, 0.05) is 22.3 Å². The monoisotopic (exact) mass is 224 g/mol.